The fourth-order valence-corrected chi connectivity index (χ4v) is 2.07. The Bertz CT molecular complexity index is 738. The number of aromatic nitrogens is 2. The predicted octanol–water partition coefficient (Wildman–Crippen LogP) is 1.77. The van der Waals surface area contributed by atoms with Gasteiger partial charge in [-0.2, -0.15) is 5.26 Å². The zero-order valence-corrected chi connectivity index (χ0v) is 13.8. The maximum atomic E-state index is 12.1. The molecule has 2 aromatic rings. The van der Waals surface area contributed by atoms with Crippen molar-refractivity contribution in [2.75, 3.05) is 32.5 Å². The molecule has 24 heavy (non-hydrogen) atoms. The molecular formula is C17H20N6O. The van der Waals surface area contributed by atoms with Crippen LogP contribution < -0.4 is 10.6 Å². The summed E-state index contributed by atoms with van der Waals surface area (Å²) in [6.45, 7) is 1.49. The average molecular weight is 324 g/mol. The van der Waals surface area contributed by atoms with Crippen molar-refractivity contribution in [2.45, 2.75) is 6.42 Å². The quantitative estimate of drug-likeness (QED) is 0.754. The van der Waals surface area contributed by atoms with Crippen molar-refractivity contribution in [3.8, 4) is 6.07 Å². The van der Waals surface area contributed by atoms with Gasteiger partial charge in [0.15, 0.2) is 0 Å². The molecule has 7 nitrogen and oxygen atoms in total. The predicted molar refractivity (Wildman–Crippen MR) is 92.0 cm³/mol. The van der Waals surface area contributed by atoms with Gasteiger partial charge in [-0.1, -0.05) is 12.1 Å². The van der Waals surface area contributed by atoms with Gasteiger partial charge in [0.25, 0.3) is 5.91 Å². The number of carbonyl (C=O) groups is 1. The van der Waals surface area contributed by atoms with E-state index in [1.54, 1.807) is 24.3 Å². The summed E-state index contributed by atoms with van der Waals surface area (Å²) in [6.07, 6.45) is 2.19. The van der Waals surface area contributed by atoms with Crippen molar-refractivity contribution >= 4 is 17.4 Å². The molecule has 0 bridgehead atoms. The van der Waals surface area contributed by atoms with E-state index in [1.165, 1.54) is 6.33 Å². The molecule has 0 saturated heterocycles. The van der Waals surface area contributed by atoms with Crippen molar-refractivity contribution in [2.24, 2.45) is 0 Å². The number of anilines is 2. The lowest BCUT2D eigenvalue weighted by Crippen LogP contribution is -2.27. The molecule has 0 saturated carbocycles. The number of amides is 1. The standard InChI is InChI=1S/C17H20N6O/c1-23(2)9-5-8-19-17(24)15-10-16(21-12-20-15)22-14-7-4-3-6-13(14)11-18/h3-4,6-7,10,12H,5,8-9H2,1-2H3,(H,19,24)(H,20,21,22). The number of hydrogen-bond acceptors (Lipinski definition) is 6. The molecule has 1 heterocycles. The van der Waals surface area contributed by atoms with Gasteiger partial charge in [-0.15, -0.1) is 0 Å². The molecule has 2 rings (SSSR count). The summed E-state index contributed by atoms with van der Waals surface area (Å²) >= 11 is 0. The molecule has 0 fully saturated rings. The van der Waals surface area contributed by atoms with E-state index in [9.17, 15) is 4.79 Å². The molecule has 7 heteroatoms. The molecule has 0 atom stereocenters. The number of nitrogens with one attached hydrogen (secondary N) is 2. The summed E-state index contributed by atoms with van der Waals surface area (Å²) < 4.78 is 0. The Labute approximate surface area is 141 Å². The second-order valence-corrected chi connectivity index (χ2v) is 5.48. The highest BCUT2D eigenvalue weighted by Gasteiger charge is 2.09. The van der Waals surface area contributed by atoms with Crippen molar-refractivity contribution in [3.63, 3.8) is 0 Å². The summed E-state index contributed by atoms with van der Waals surface area (Å²) in [5.74, 6) is 0.221. The second kappa shape index (κ2) is 8.60. The smallest absolute Gasteiger partial charge is 0.270 e. The van der Waals surface area contributed by atoms with Crippen molar-refractivity contribution in [1.82, 2.24) is 20.2 Å². The molecule has 0 aliphatic carbocycles. The lowest BCUT2D eigenvalue weighted by molar-refractivity contribution is 0.0947. The van der Waals surface area contributed by atoms with Gasteiger partial charge in [-0.3, -0.25) is 4.79 Å². The molecule has 0 aliphatic rings. The van der Waals surface area contributed by atoms with Crippen LogP contribution in [0.2, 0.25) is 0 Å². The van der Waals surface area contributed by atoms with Crippen LogP contribution in [0.3, 0.4) is 0 Å². The Morgan fingerprint density at radius 3 is 2.83 bits per heavy atom. The summed E-state index contributed by atoms with van der Waals surface area (Å²) in [5.41, 5.74) is 1.42. The van der Waals surface area contributed by atoms with Crippen LogP contribution in [0.25, 0.3) is 0 Å². The first-order chi connectivity index (χ1) is 11.6. The number of nitrogens with zero attached hydrogens (tertiary/aromatic N) is 4. The Morgan fingerprint density at radius 2 is 2.08 bits per heavy atom. The van der Waals surface area contributed by atoms with Crippen LogP contribution in [-0.4, -0.2) is 48.0 Å². The van der Waals surface area contributed by atoms with Crippen LogP contribution in [-0.2, 0) is 0 Å². The molecular weight excluding hydrogens is 304 g/mol. The highest BCUT2D eigenvalue weighted by Crippen LogP contribution is 2.18. The molecule has 0 unspecified atom stereocenters. The molecule has 0 aliphatic heterocycles. The van der Waals surface area contributed by atoms with Crippen molar-refractivity contribution in [3.05, 3.63) is 47.9 Å². The van der Waals surface area contributed by atoms with Crippen LogP contribution in [0.4, 0.5) is 11.5 Å². The Hall–Kier alpha value is -2.98. The number of rotatable bonds is 7. The maximum Gasteiger partial charge on any atom is 0.270 e. The Balaban J connectivity index is 2.01. The number of para-hydroxylation sites is 1. The largest absolute Gasteiger partial charge is 0.351 e. The van der Waals surface area contributed by atoms with E-state index in [2.05, 4.69) is 31.6 Å². The number of carbonyl (C=O) groups excluding carboxylic acids is 1. The number of nitriles is 1. The summed E-state index contributed by atoms with van der Waals surface area (Å²) in [5, 5.41) is 15.0. The van der Waals surface area contributed by atoms with E-state index in [4.69, 9.17) is 5.26 Å². The molecule has 124 valence electrons. The van der Waals surface area contributed by atoms with Crippen LogP contribution in [0.5, 0.6) is 0 Å². The van der Waals surface area contributed by atoms with Crippen LogP contribution in [0.15, 0.2) is 36.7 Å². The lowest BCUT2D eigenvalue weighted by atomic mass is 10.2. The first kappa shape index (κ1) is 17.4. The summed E-state index contributed by atoms with van der Waals surface area (Å²) in [7, 11) is 3.98. The molecule has 1 aromatic carbocycles. The third-order valence-corrected chi connectivity index (χ3v) is 3.28. The van der Waals surface area contributed by atoms with Gasteiger partial charge in [0, 0.05) is 12.6 Å². The minimum absolute atomic E-state index is 0.243. The van der Waals surface area contributed by atoms with E-state index in [0.717, 1.165) is 13.0 Å². The maximum absolute atomic E-state index is 12.1. The zero-order valence-electron chi connectivity index (χ0n) is 13.8. The minimum atomic E-state index is -0.243. The molecule has 2 N–H and O–H groups in total. The van der Waals surface area contributed by atoms with Gasteiger partial charge in [-0.25, -0.2) is 9.97 Å². The average Bonchev–Trinajstić information content (AvgIpc) is 2.59. The van der Waals surface area contributed by atoms with Crippen LogP contribution in [0, 0.1) is 11.3 Å². The molecule has 0 radical (unpaired) electrons. The third-order valence-electron chi connectivity index (χ3n) is 3.28. The van der Waals surface area contributed by atoms with Gasteiger partial charge in [0.05, 0.1) is 11.3 Å². The Kier molecular flexibility index (Phi) is 6.23. The summed E-state index contributed by atoms with van der Waals surface area (Å²) in [4.78, 5) is 22.3. The molecule has 0 spiro atoms. The van der Waals surface area contributed by atoms with Gasteiger partial charge in [0.2, 0.25) is 0 Å². The first-order valence-electron chi connectivity index (χ1n) is 7.61. The molecule has 1 aromatic heterocycles. The van der Waals surface area contributed by atoms with E-state index in [1.807, 2.05) is 20.2 Å². The minimum Gasteiger partial charge on any atom is -0.351 e. The van der Waals surface area contributed by atoms with E-state index >= 15 is 0 Å². The van der Waals surface area contributed by atoms with Gasteiger partial charge >= 0.3 is 0 Å². The highest BCUT2D eigenvalue weighted by atomic mass is 16.1. The zero-order chi connectivity index (χ0) is 17.4. The fourth-order valence-electron chi connectivity index (χ4n) is 2.07. The monoisotopic (exact) mass is 324 g/mol. The lowest BCUT2D eigenvalue weighted by Gasteiger charge is -2.10. The van der Waals surface area contributed by atoms with Crippen LogP contribution in [0.1, 0.15) is 22.5 Å². The molecule has 1 amide bonds. The van der Waals surface area contributed by atoms with E-state index in [0.29, 0.717) is 23.6 Å². The van der Waals surface area contributed by atoms with Gasteiger partial charge in [-0.05, 0) is 39.2 Å². The third kappa shape index (κ3) is 5.04. The fraction of sp³-hybridized carbons (Fsp3) is 0.294. The Morgan fingerprint density at radius 1 is 1.29 bits per heavy atom. The topological polar surface area (TPSA) is 93.9 Å². The number of hydrogen-bond donors (Lipinski definition) is 2. The second-order valence-electron chi connectivity index (χ2n) is 5.48. The number of benzene rings is 1. The van der Waals surface area contributed by atoms with E-state index in [-0.39, 0.29) is 11.6 Å². The summed E-state index contributed by atoms with van der Waals surface area (Å²) in [6, 6.07) is 10.8. The highest BCUT2D eigenvalue weighted by molar-refractivity contribution is 5.93. The SMILES string of the molecule is CN(C)CCCNC(=O)c1cc(Nc2ccccc2C#N)ncn1. The van der Waals surface area contributed by atoms with Crippen LogP contribution >= 0.6 is 0 Å². The normalized spacial score (nSPS) is 10.2. The first-order valence-corrected chi connectivity index (χ1v) is 7.61. The van der Waals surface area contributed by atoms with Gasteiger partial charge < -0.3 is 15.5 Å². The van der Waals surface area contributed by atoms with Gasteiger partial charge in [0.1, 0.15) is 23.9 Å². The van der Waals surface area contributed by atoms with Crippen molar-refractivity contribution in [1.29, 1.82) is 5.26 Å². The van der Waals surface area contributed by atoms with E-state index < -0.39 is 0 Å². The van der Waals surface area contributed by atoms with Crippen molar-refractivity contribution < 1.29 is 4.79 Å².